The molecule has 2 aliphatic rings. The third kappa shape index (κ3) is 7.41. The third-order valence-corrected chi connectivity index (χ3v) is 5.03. The summed E-state index contributed by atoms with van der Waals surface area (Å²) in [5.41, 5.74) is -1.03. The number of aliphatic hydroxyl groups excluding tert-OH is 2. The maximum absolute atomic E-state index is 11.3. The molecule has 2 bridgehead atoms. The second-order valence-electron chi connectivity index (χ2n) is 7.34. The van der Waals surface area contributed by atoms with E-state index in [1.165, 1.54) is 6.92 Å². The topological polar surface area (TPSA) is 125 Å². The van der Waals surface area contributed by atoms with E-state index in [0.29, 0.717) is 45.9 Å². The van der Waals surface area contributed by atoms with Crippen LogP contribution >= 0.6 is 0 Å². The summed E-state index contributed by atoms with van der Waals surface area (Å²) in [5.74, 6) is -0.279. The zero-order valence-electron chi connectivity index (χ0n) is 17.3. The van der Waals surface area contributed by atoms with Crippen molar-refractivity contribution in [1.29, 1.82) is 0 Å². The van der Waals surface area contributed by atoms with E-state index in [2.05, 4.69) is 12.2 Å². The van der Waals surface area contributed by atoms with Gasteiger partial charge in [-0.25, -0.2) is 9.78 Å². The third-order valence-electron chi connectivity index (χ3n) is 5.03. The van der Waals surface area contributed by atoms with Crippen LogP contribution < -0.4 is 5.32 Å². The Labute approximate surface area is 171 Å². The van der Waals surface area contributed by atoms with Crippen LogP contribution in [0.15, 0.2) is 0 Å². The number of nitrogens with one attached hydrogen (secondary N) is 1. The first-order valence-electron chi connectivity index (χ1n) is 10.3. The van der Waals surface area contributed by atoms with Gasteiger partial charge >= 0.3 is 0 Å². The number of hydrogen-bond donors (Lipinski definition) is 3. The Morgan fingerprint density at radius 1 is 1.03 bits per heavy atom. The van der Waals surface area contributed by atoms with Gasteiger partial charge in [0.05, 0.1) is 45.2 Å². The first-order valence-corrected chi connectivity index (χ1v) is 10.3. The molecule has 0 spiro atoms. The Kier molecular flexibility index (Phi) is 10.7. The lowest BCUT2D eigenvalue weighted by Crippen LogP contribution is -2.65. The summed E-state index contributed by atoms with van der Waals surface area (Å²) < 4.78 is 21.9. The van der Waals surface area contributed by atoms with Crippen molar-refractivity contribution >= 4 is 5.91 Å². The van der Waals surface area contributed by atoms with E-state index in [1.54, 1.807) is 0 Å². The average Bonchev–Trinajstić information content (AvgIpc) is 3.10. The van der Waals surface area contributed by atoms with Crippen LogP contribution in [0.4, 0.5) is 0 Å². The molecule has 2 aliphatic heterocycles. The van der Waals surface area contributed by atoms with Crippen LogP contribution in [-0.4, -0.2) is 98.9 Å². The van der Waals surface area contributed by atoms with Crippen LogP contribution in [0.5, 0.6) is 0 Å². The van der Waals surface area contributed by atoms with Crippen molar-refractivity contribution in [3.63, 3.8) is 0 Å². The standard InChI is InChI=1S/C19H35NO9/c1-3-6-24-7-8-25-9-10-26-11-12-27-28-13-19-5-4-15(29-19)16(20-14(2)21)17(22)18(19)23/h15-18,22-23H,3-13H2,1-2H3,(H,20,21)/t15-,16+,17-,18-,19-/m1/s1. The van der Waals surface area contributed by atoms with E-state index in [1.807, 2.05) is 0 Å². The second-order valence-corrected chi connectivity index (χ2v) is 7.34. The number of hydrogen-bond acceptors (Lipinski definition) is 9. The van der Waals surface area contributed by atoms with Crippen LogP contribution in [0.25, 0.3) is 0 Å². The van der Waals surface area contributed by atoms with Gasteiger partial charge in [-0.1, -0.05) is 6.92 Å². The maximum Gasteiger partial charge on any atom is 0.217 e. The molecule has 0 radical (unpaired) electrons. The van der Waals surface area contributed by atoms with Crippen molar-refractivity contribution in [1.82, 2.24) is 5.32 Å². The van der Waals surface area contributed by atoms with Gasteiger partial charge in [-0.05, 0) is 19.3 Å². The molecular weight excluding hydrogens is 386 g/mol. The molecule has 2 fully saturated rings. The first kappa shape index (κ1) is 24.4. The van der Waals surface area contributed by atoms with Gasteiger partial charge in [0.15, 0.2) is 0 Å². The predicted molar refractivity (Wildman–Crippen MR) is 101 cm³/mol. The fourth-order valence-electron chi connectivity index (χ4n) is 3.59. The van der Waals surface area contributed by atoms with Crippen molar-refractivity contribution in [3.05, 3.63) is 0 Å². The van der Waals surface area contributed by atoms with Gasteiger partial charge in [0.2, 0.25) is 5.91 Å². The molecule has 0 aliphatic carbocycles. The molecule has 1 amide bonds. The molecule has 0 aromatic heterocycles. The zero-order chi connectivity index (χ0) is 21.1. The fraction of sp³-hybridized carbons (Fsp3) is 0.947. The highest BCUT2D eigenvalue weighted by molar-refractivity contribution is 5.73. The number of amides is 1. The average molecular weight is 421 g/mol. The summed E-state index contributed by atoms with van der Waals surface area (Å²) in [6.45, 7) is 6.75. The summed E-state index contributed by atoms with van der Waals surface area (Å²) in [6.07, 6.45) is -0.566. The molecule has 3 N–H and O–H groups in total. The first-order chi connectivity index (χ1) is 14.0. The molecule has 0 unspecified atom stereocenters. The lowest BCUT2D eigenvalue weighted by Gasteiger charge is -2.44. The van der Waals surface area contributed by atoms with E-state index in [0.717, 1.165) is 13.0 Å². The van der Waals surface area contributed by atoms with Crippen LogP contribution in [0.2, 0.25) is 0 Å². The van der Waals surface area contributed by atoms with Crippen molar-refractivity contribution in [3.8, 4) is 0 Å². The van der Waals surface area contributed by atoms with Gasteiger partial charge in [-0.2, -0.15) is 0 Å². The largest absolute Gasteiger partial charge is 0.388 e. The van der Waals surface area contributed by atoms with E-state index in [9.17, 15) is 15.0 Å². The minimum absolute atomic E-state index is 0.0185. The van der Waals surface area contributed by atoms with Crippen molar-refractivity contribution in [2.45, 2.75) is 63.1 Å². The molecule has 170 valence electrons. The molecule has 10 nitrogen and oxygen atoms in total. The summed E-state index contributed by atoms with van der Waals surface area (Å²) in [4.78, 5) is 21.6. The highest BCUT2D eigenvalue weighted by atomic mass is 17.2. The highest BCUT2D eigenvalue weighted by Crippen LogP contribution is 2.42. The Bertz CT molecular complexity index is 481. The van der Waals surface area contributed by atoms with Gasteiger partial charge < -0.3 is 34.5 Å². The summed E-state index contributed by atoms with van der Waals surface area (Å²) in [7, 11) is 0. The second kappa shape index (κ2) is 12.8. The van der Waals surface area contributed by atoms with Gasteiger partial charge in [0, 0.05) is 13.5 Å². The number of rotatable bonds is 15. The van der Waals surface area contributed by atoms with Gasteiger partial charge in [-0.15, -0.1) is 0 Å². The van der Waals surface area contributed by atoms with Gasteiger partial charge in [0.25, 0.3) is 0 Å². The van der Waals surface area contributed by atoms with Crippen LogP contribution in [0.3, 0.4) is 0 Å². The molecular formula is C19H35NO9. The molecule has 2 saturated heterocycles. The molecule has 2 heterocycles. The number of aliphatic hydroxyl groups is 2. The van der Waals surface area contributed by atoms with E-state index >= 15 is 0 Å². The minimum Gasteiger partial charge on any atom is -0.388 e. The molecule has 0 aromatic rings. The Morgan fingerprint density at radius 3 is 2.28 bits per heavy atom. The Morgan fingerprint density at radius 2 is 1.66 bits per heavy atom. The molecule has 5 atom stereocenters. The van der Waals surface area contributed by atoms with E-state index in [-0.39, 0.29) is 25.2 Å². The maximum atomic E-state index is 11.3. The van der Waals surface area contributed by atoms with Gasteiger partial charge in [0.1, 0.15) is 31.0 Å². The smallest absolute Gasteiger partial charge is 0.217 e. The molecule has 2 rings (SSSR count). The van der Waals surface area contributed by atoms with Crippen molar-refractivity contribution in [2.24, 2.45) is 0 Å². The lowest BCUT2D eigenvalue weighted by atomic mass is 9.88. The predicted octanol–water partition coefficient (Wildman–Crippen LogP) is -0.448. The lowest BCUT2D eigenvalue weighted by molar-refractivity contribution is -0.339. The fourth-order valence-corrected chi connectivity index (χ4v) is 3.59. The van der Waals surface area contributed by atoms with Crippen LogP contribution in [0, 0.1) is 0 Å². The SMILES string of the molecule is CCCOCCOCCOCCOOC[C@@]12CC[C@@H](O1)[C@H](NC(C)=O)[C@@H](O)[C@H]2O. The monoisotopic (exact) mass is 421 g/mol. The Hall–Kier alpha value is -0.850. The number of fused-ring (bicyclic) bond motifs is 2. The van der Waals surface area contributed by atoms with E-state index < -0.39 is 23.9 Å². The van der Waals surface area contributed by atoms with Crippen molar-refractivity contribution < 1.29 is 43.7 Å². The Balaban J connectivity index is 1.53. The zero-order valence-corrected chi connectivity index (χ0v) is 17.3. The highest BCUT2D eigenvalue weighted by Gasteiger charge is 2.58. The number of carbonyl (C=O) groups excluding carboxylic acids is 1. The molecule has 10 heteroatoms. The van der Waals surface area contributed by atoms with Crippen LogP contribution in [0.1, 0.15) is 33.1 Å². The summed E-state index contributed by atoms with van der Waals surface area (Å²) in [6, 6.07) is -0.632. The summed E-state index contributed by atoms with van der Waals surface area (Å²) in [5, 5.41) is 23.5. The summed E-state index contributed by atoms with van der Waals surface area (Å²) >= 11 is 0. The van der Waals surface area contributed by atoms with Gasteiger partial charge in [-0.3, -0.25) is 4.79 Å². The minimum atomic E-state index is -1.18. The molecule has 0 aromatic carbocycles. The number of carbonyl (C=O) groups is 1. The molecule has 29 heavy (non-hydrogen) atoms. The van der Waals surface area contributed by atoms with Crippen molar-refractivity contribution in [2.75, 3.05) is 52.9 Å². The van der Waals surface area contributed by atoms with E-state index in [4.69, 9.17) is 28.7 Å². The number of ether oxygens (including phenoxy) is 4. The molecule has 0 saturated carbocycles. The quantitative estimate of drug-likeness (QED) is 0.183. The normalized spacial score (nSPS) is 31.2. The van der Waals surface area contributed by atoms with Crippen LogP contribution in [-0.2, 0) is 33.5 Å².